The highest BCUT2D eigenvalue weighted by atomic mass is 32.2. The van der Waals surface area contributed by atoms with E-state index in [1.807, 2.05) is 13.8 Å². The molecule has 2 unspecified atom stereocenters. The zero-order valence-corrected chi connectivity index (χ0v) is 12.6. The lowest BCUT2D eigenvalue weighted by molar-refractivity contribution is -0.140. The molecule has 1 aliphatic rings. The maximum absolute atomic E-state index is 12.1. The topological polar surface area (TPSA) is 104 Å². The highest BCUT2D eigenvalue weighted by Gasteiger charge is 2.35. The molecule has 0 aliphatic carbocycles. The molecule has 8 heteroatoms. The van der Waals surface area contributed by atoms with Gasteiger partial charge in [0.25, 0.3) is 0 Å². The summed E-state index contributed by atoms with van der Waals surface area (Å²) in [7, 11) is -3.26. The van der Waals surface area contributed by atoms with Crippen LogP contribution in [0.1, 0.15) is 26.7 Å². The first-order chi connectivity index (χ1) is 9.25. The monoisotopic (exact) mass is 306 g/mol. The number of nitrogens with one attached hydrogen (secondary N) is 1. The molecule has 1 heterocycles. The lowest BCUT2D eigenvalue weighted by atomic mass is 10.2. The molecule has 0 aromatic carbocycles. The fraction of sp³-hybridized carbons (Fsp3) is 0.833. The summed E-state index contributed by atoms with van der Waals surface area (Å²) in [4.78, 5) is 24.3. The third kappa shape index (κ3) is 5.09. The number of aliphatic carboxylic acids is 1. The molecule has 0 spiro atoms. The standard InChI is InChI=1S/C12H22N2O5S/c1-3-9(2)13-7-11(15)14-4-5-20(18,19)8-10(14)6-12(16)17/h9-10,13H,3-8H2,1-2H3,(H,16,17). The van der Waals surface area contributed by atoms with Crippen LogP contribution < -0.4 is 5.32 Å². The fourth-order valence-electron chi connectivity index (χ4n) is 2.09. The molecule has 0 saturated carbocycles. The van der Waals surface area contributed by atoms with E-state index in [-0.39, 0.29) is 43.0 Å². The summed E-state index contributed by atoms with van der Waals surface area (Å²) in [6.45, 7) is 4.11. The average molecular weight is 306 g/mol. The van der Waals surface area contributed by atoms with Crippen molar-refractivity contribution in [3.05, 3.63) is 0 Å². The zero-order valence-electron chi connectivity index (χ0n) is 11.8. The van der Waals surface area contributed by atoms with Crippen LogP contribution in [0.3, 0.4) is 0 Å². The zero-order chi connectivity index (χ0) is 15.3. The first kappa shape index (κ1) is 16.9. The Balaban J connectivity index is 2.69. The number of carbonyl (C=O) groups excluding carboxylic acids is 1. The highest BCUT2D eigenvalue weighted by Crippen LogP contribution is 2.15. The molecule has 0 aromatic heterocycles. The van der Waals surface area contributed by atoms with Gasteiger partial charge in [-0.25, -0.2) is 8.42 Å². The number of carboxylic acid groups (broad SMARTS) is 1. The van der Waals surface area contributed by atoms with Gasteiger partial charge in [0.2, 0.25) is 5.91 Å². The first-order valence-corrected chi connectivity index (χ1v) is 8.52. The minimum absolute atomic E-state index is 0.0707. The van der Waals surface area contributed by atoms with Gasteiger partial charge in [-0.2, -0.15) is 0 Å². The third-order valence-electron chi connectivity index (χ3n) is 3.47. The summed E-state index contributed by atoms with van der Waals surface area (Å²) < 4.78 is 23.2. The van der Waals surface area contributed by atoms with Crippen molar-refractivity contribution in [2.75, 3.05) is 24.6 Å². The Morgan fingerprint density at radius 2 is 2.10 bits per heavy atom. The molecular weight excluding hydrogens is 284 g/mol. The summed E-state index contributed by atoms with van der Waals surface area (Å²) in [5.41, 5.74) is 0. The number of hydrogen-bond acceptors (Lipinski definition) is 5. The quantitative estimate of drug-likeness (QED) is 0.684. The van der Waals surface area contributed by atoms with Crippen molar-refractivity contribution < 1.29 is 23.1 Å². The molecular formula is C12H22N2O5S. The van der Waals surface area contributed by atoms with Crippen LogP contribution in [0, 0.1) is 0 Å². The first-order valence-electron chi connectivity index (χ1n) is 6.70. The summed E-state index contributed by atoms with van der Waals surface area (Å²) in [5, 5.41) is 11.9. The summed E-state index contributed by atoms with van der Waals surface area (Å²) in [6, 6.07) is -0.581. The Morgan fingerprint density at radius 3 is 2.65 bits per heavy atom. The number of rotatable bonds is 6. The fourth-order valence-corrected chi connectivity index (χ4v) is 3.62. The number of sulfone groups is 1. The molecule has 1 saturated heterocycles. The van der Waals surface area contributed by atoms with E-state index in [0.29, 0.717) is 0 Å². The predicted molar refractivity (Wildman–Crippen MR) is 74.2 cm³/mol. The molecule has 1 rings (SSSR count). The van der Waals surface area contributed by atoms with E-state index in [2.05, 4.69) is 5.32 Å². The van der Waals surface area contributed by atoms with E-state index in [9.17, 15) is 18.0 Å². The maximum atomic E-state index is 12.1. The Kier molecular flexibility index (Phi) is 5.94. The maximum Gasteiger partial charge on any atom is 0.305 e. The smallest absolute Gasteiger partial charge is 0.305 e. The van der Waals surface area contributed by atoms with Gasteiger partial charge in [-0.1, -0.05) is 6.92 Å². The molecule has 1 fully saturated rings. The van der Waals surface area contributed by atoms with Crippen molar-refractivity contribution in [2.45, 2.75) is 38.8 Å². The Morgan fingerprint density at radius 1 is 1.45 bits per heavy atom. The lowest BCUT2D eigenvalue weighted by Crippen LogP contribution is -2.54. The highest BCUT2D eigenvalue weighted by molar-refractivity contribution is 7.91. The lowest BCUT2D eigenvalue weighted by Gasteiger charge is -2.35. The van der Waals surface area contributed by atoms with Crippen molar-refractivity contribution in [1.29, 1.82) is 0 Å². The summed E-state index contributed by atoms with van der Waals surface area (Å²) in [5.74, 6) is -1.71. The summed E-state index contributed by atoms with van der Waals surface area (Å²) in [6.07, 6.45) is 0.536. The number of carboxylic acids is 1. The van der Waals surface area contributed by atoms with E-state index in [4.69, 9.17) is 5.11 Å². The second-order valence-electron chi connectivity index (χ2n) is 5.14. The number of hydrogen-bond donors (Lipinski definition) is 2. The van der Waals surface area contributed by atoms with Gasteiger partial charge < -0.3 is 15.3 Å². The van der Waals surface area contributed by atoms with Crippen LogP contribution in [0.2, 0.25) is 0 Å². The second-order valence-corrected chi connectivity index (χ2v) is 7.37. The van der Waals surface area contributed by atoms with Crippen LogP contribution >= 0.6 is 0 Å². The largest absolute Gasteiger partial charge is 0.481 e. The van der Waals surface area contributed by atoms with E-state index < -0.39 is 21.8 Å². The van der Waals surface area contributed by atoms with Crippen molar-refractivity contribution in [3.8, 4) is 0 Å². The molecule has 2 atom stereocenters. The Hall–Kier alpha value is -1.15. The molecule has 1 amide bonds. The van der Waals surface area contributed by atoms with Gasteiger partial charge in [-0.3, -0.25) is 9.59 Å². The molecule has 2 N–H and O–H groups in total. The Bertz CT molecular complexity index is 462. The summed E-state index contributed by atoms with van der Waals surface area (Å²) >= 11 is 0. The van der Waals surface area contributed by atoms with Gasteiger partial charge >= 0.3 is 5.97 Å². The molecule has 0 bridgehead atoms. The molecule has 0 radical (unpaired) electrons. The van der Waals surface area contributed by atoms with E-state index in [1.54, 1.807) is 0 Å². The van der Waals surface area contributed by atoms with Gasteiger partial charge in [-0.05, 0) is 13.3 Å². The van der Waals surface area contributed by atoms with Crippen LogP contribution in [-0.2, 0) is 19.4 Å². The molecule has 7 nitrogen and oxygen atoms in total. The Labute approximate surface area is 119 Å². The number of amides is 1. The molecule has 20 heavy (non-hydrogen) atoms. The minimum atomic E-state index is -3.26. The van der Waals surface area contributed by atoms with Crippen molar-refractivity contribution in [1.82, 2.24) is 10.2 Å². The number of carbonyl (C=O) groups is 2. The van der Waals surface area contributed by atoms with E-state index >= 15 is 0 Å². The van der Waals surface area contributed by atoms with Crippen LogP contribution in [0.4, 0.5) is 0 Å². The van der Waals surface area contributed by atoms with Gasteiger partial charge in [0, 0.05) is 12.6 Å². The molecule has 116 valence electrons. The molecule has 0 aromatic rings. The van der Waals surface area contributed by atoms with Crippen molar-refractivity contribution in [3.63, 3.8) is 0 Å². The van der Waals surface area contributed by atoms with Crippen molar-refractivity contribution >= 4 is 21.7 Å². The van der Waals surface area contributed by atoms with Crippen LogP contribution in [0.25, 0.3) is 0 Å². The second kappa shape index (κ2) is 7.03. The van der Waals surface area contributed by atoms with Crippen LogP contribution in [0.15, 0.2) is 0 Å². The van der Waals surface area contributed by atoms with E-state index in [1.165, 1.54) is 4.90 Å². The normalized spacial score (nSPS) is 23.3. The average Bonchev–Trinajstić information content (AvgIpc) is 2.33. The van der Waals surface area contributed by atoms with Crippen LogP contribution in [-0.4, -0.2) is 67.0 Å². The minimum Gasteiger partial charge on any atom is -0.481 e. The van der Waals surface area contributed by atoms with Gasteiger partial charge in [0.15, 0.2) is 9.84 Å². The SMILES string of the molecule is CCC(C)NCC(=O)N1CCS(=O)(=O)CC1CC(=O)O. The molecule has 1 aliphatic heterocycles. The van der Waals surface area contributed by atoms with Gasteiger partial charge in [0.1, 0.15) is 0 Å². The van der Waals surface area contributed by atoms with Gasteiger partial charge in [-0.15, -0.1) is 0 Å². The van der Waals surface area contributed by atoms with Crippen molar-refractivity contribution in [2.24, 2.45) is 0 Å². The number of nitrogens with zero attached hydrogens (tertiary/aromatic N) is 1. The third-order valence-corrected chi connectivity index (χ3v) is 5.17. The van der Waals surface area contributed by atoms with Gasteiger partial charge in [0.05, 0.1) is 30.5 Å². The van der Waals surface area contributed by atoms with Crippen LogP contribution in [0.5, 0.6) is 0 Å². The predicted octanol–water partition coefficient (Wildman–Crippen LogP) is -0.525. The van der Waals surface area contributed by atoms with E-state index in [0.717, 1.165) is 6.42 Å².